The van der Waals surface area contributed by atoms with Crippen molar-refractivity contribution in [3.63, 3.8) is 0 Å². The van der Waals surface area contributed by atoms with Gasteiger partial charge in [-0.15, -0.1) is 0 Å². The fraction of sp³-hybridized carbons (Fsp3) is 0.889. The summed E-state index contributed by atoms with van der Waals surface area (Å²) in [5.41, 5.74) is -0.670. The molecular formula is C9H18O3. The molecule has 0 radical (unpaired) electrons. The van der Waals surface area contributed by atoms with Crippen LogP contribution in [0.2, 0.25) is 0 Å². The van der Waals surface area contributed by atoms with Crippen molar-refractivity contribution in [1.29, 1.82) is 0 Å². The van der Waals surface area contributed by atoms with Gasteiger partial charge in [0.05, 0.1) is 11.5 Å². The first-order valence-electron chi connectivity index (χ1n) is 4.34. The van der Waals surface area contributed by atoms with Gasteiger partial charge in [-0.25, -0.2) is 0 Å². The maximum Gasteiger partial charge on any atom is 0.309 e. The van der Waals surface area contributed by atoms with Crippen LogP contribution in [0.25, 0.3) is 0 Å². The Kier molecular flexibility index (Phi) is 4.24. The van der Waals surface area contributed by atoms with Crippen LogP contribution in [0.4, 0.5) is 0 Å². The molecule has 0 amide bonds. The van der Waals surface area contributed by atoms with E-state index in [2.05, 4.69) is 0 Å². The quantitative estimate of drug-likeness (QED) is 0.666. The highest BCUT2D eigenvalue weighted by atomic mass is 16.4. The van der Waals surface area contributed by atoms with Crippen LogP contribution in [0.3, 0.4) is 0 Å². The Bertz CT molecular complexity index is 154. The Labute approximate surface area is 73.4 Å². The molecule has 0 aromatic rings. The van der Waals surface area contributed by atoms with Crippen LogP contribution < -0.4 is 0 Å². The number of hydrogen-bond acceptors (Lipinski definition) is 2. The summed E-state index contributed by atoms with van der Waals surface area (Å²) < 4.78 is 0. The summed E-state index contributed by atoms with van der Waals surface area (Å²) in [5, 5.41) is 17.9. The van der Waals surface area contributed by atoms with Gasteiger partial charge in [-0.2, -0.15) is 0 Å². The zero-order chi connectivity index (χ0) is 9.78. The molecule has 0 saturated carbocycles. The molecule has 2 atom stereocenters. The van der Waals surface area contributed by atoms with E-state index in [1.54, 1.807) is 13.8 Å². The minimum atomic E-state index is -0.773. The third-order valence-electron chi connectivity index (χ3n) is 2.41. The third kappa shape index (κ3) is 3.22. The largest absolute Gasteiger partial charge is 0.481 e. The van der Waals surface area contributed by atoms with Crippen molar-refractivity contribution in [2.45, 2.75) is 46.1 Å². The van der Waals surface area contributed by atoms with Gasteiger partial charge in [0.25, 0.3) is 0 Å². The molecular weight excluding hydrogens is 156 g/mol. The van der Waals surface area contributed by atoms with Gasteiger partial charge in [0.1, 0.15) is 0 Å². The summed E-state index contributed by atoms with van der Waals surface area (Å²) in [5.74, 6) is -0.773. The minimum Gasteiger partial charge on any atom is -0.481 e. The smallest absolute Gasteiger partial charge is 0.309 e. The van der Waals surface area contributed by atoms with Gasteiger partial charge in [0.15, 0.2) is 0 Å². The van der Waals surface area contributed by atoms with Crippen LogP contribution in [-0.4, -0.2) is 22.3 Å². The Hall–Kier alpha value is -0.570. The second-order valence-electron chi connectivity index (χ2n) is 3.61. The first kappa shape index (κ1) is 11.4. The molecule has 0 fully saturated rings. The van der Waals surface area contributed by atoms with E-state index < -0.39 is 17.5 Å². The zero-order valence-corrected chi connectivity index (χ0v) is 8.00. The van der Waals surface area contributed by atoms with Crippen LogP contribution in [-0.2, 0) is 4.79 Å². The molecule has 0 aliphatic carbocycles. The van der Waals surface area contributed by atoms with Crippen LogP contribution in [0.1, 0.15) is 40.0 Å². The third-order valence-corrected chi connectivity index (χ3v) is 2.41. The summed E-state index contributed by atoms with van der Waals surface area (Å²) in [6, 6.07) is 0. The zero-order valence-electron chi connectivity index (χ0n) is 8.00. The molecule has 0 aromatic carbocycles. The van der Waals surface area contributed by atoms with E-state index in [0.29, 0.717) is 19.3 Å². The lowest BCUT2D eigenvalue weighted by Crippen LogP contribution is -2.27. The van der Waals surface area contributed by atoms with E-state index in [4.69, 9.17) is 10.2 Å². The standard InChI is InChI=1S/C9H18O3/c1-4-9(3,8(11)12)6-5-7(2)10/h7,10H,4-6H2,1-3H3,(H,11,12). The molecule has 3 heteroatoms. The predicted octanol–water partition coefficient (Wildman–Crippen LogP) is 1.65. The Balaban J connectivity index is 4.06. The SMILES string of the molecule is CCC(C)(CCC(C)O)C(=O)O. The Morgan fingerprint density at radius 3 is 2.33 bits per heavy atom. The molecule has 2 N–H and O–H groups in total. The molecule has 0 saturated heterocycles. The number of aliphatic hydroxyl groups excluding tert-OH is 1. The molecule has 12 heavy (non-hydrogen) atoms. The molecule has 0 aromatic heterocycles. The van der Waals surface area contributed by atoms with Crippen molar-refractivity contribution in [1.82, 2.24) is 0 Å². The van der Waals surface area contributed by atoms with Crippen molar-refractivity contribution in [2.75, 3.05) is 0 Å². The molecule has 0 aliphatic heterocycles. The fourth-order valence-electron chi connectivity index (χ4n) is 0.962. The molecule has 3 nitrogen and oxygen atoms in total. The van der Waals surface area contributed by atoms with E-state index in [9.17, 15) is 4.79 Å². The number of hydrogen-bond donors (Lipinski definition) is 2. The molecule has 0 heterocycles. The van der Waals surface area contributed by atoms with Crippen molar-refractivity contribution < 1.29 is 15.0 Å². The summed E-state index contributed by atoms with van der Waals surface area (Å²) in [6.07, 6.45) is 1.29. The minimum absolute atomic E-state index is 0.407. The van der Waals surface area contributed by atoms with Gasteiger partial charge in [-0.1, -0.05) is 6.92 Å². The molecule has 0 rings (SSSR count). The van der Waals surface area contributed by atoms with Crippen molar-refractivity contribution in [2.24, 2.45) is 5.41 Å². The monoisotopic (exact) mass is 174 g/mol. The first-order chi connectivity index (χ1) is 5.42. The summed E-state index contributed by atoms with van der Waals surface area (Å²) in [7, 11) is 0. The van der Waals surface area contributed by atoms with Gasteiger partial charge >= 0.3 is 5.97 Å². The van der Waals surface area contributed by atoms with Crippen LogP contribution in [0, 0.1) is 5.41 Å². The van der Waals surface area contributed by atoms with Crippen LogP contribution in [0.15, 0.2) is 0 Å². The topological polar surface area (TPSA) is 57.5 Å². The first-order valence-corrected chi connectivity index (χ1v) is 4.34. The van der Waals surface area contributed by atoms with Gasteiger partial charge < -0.3 is 10.2 Å². The number of rotatable bonds is 5. The van der Waals surface area contributed by atoms with Crippen molar-refractivity contribution in [3.05, 3.63) is 0 Å². The van der Waals surface area contributed by atoms with Gasteiger partial charge in [-0.05, 0) is 33.1 Å². The summed E-state index contributed by atoms with van der Waals surface area (Å²) >= 11 is 0. The number of aliphatic carboxylic acids is 1. The number of aliphatic hydroxyl groups is 1. The molecule has 0 spiro atoms. The van der Waals surface area contributed by atoms with Gasteiger partial charge in [0, 0.05) is 0 Å². The molecule has 2 unspecified atom stereocenters. The average Bonchev–Trinajstić information content (AvgIpc) is 1.99. The van der Waals surface area contributed by atoms with E-state index in [1.807, 2.05) is 6.92 Å². The molecule has 72 valence electrons. The van der Waals surface area contributed by atoms with E-state index in [1.165, 1.54) is 0 Å². The molecule has 0 aliphatic rings. The Morgan fingerprint density at radius 2 is 2.08 bits per heavy atom. The van der Waals surface area contributed by atoms with E-state index in [0.717, 1.165) is 0 Å². The van der Waals surface area contributed by atoms with E-state index in [-0.39, 0.29) is 0 Å². The van der Waals surface area contributed by atoms with Crippen LogP contribution in [0.5, 0.6) is 0 Å². The number of carboxylic acid groups (broad SMARTS) is 1. The van der Waals surface area contributed by atoms with Gasteiger partial charge in [-0.3, -0.25) is 4.79 Å². The van der Waals surface area contributed by atoms with Gasteiger partial charge in [0.2, 0.25) is 0 Å². The lowest BCUT2D eigenvalue weighted by molar-refractivity contribution is -0.148. The number of carbonyl (C=O) groups is 1. The molecule has 0 bridgehead atoms. The van der Waals surface area contributed by atoms with Crippen molar-refractivity contribution in [3.8, 4) is 0 Å². The number of carboxylic acids is 1. The second-order valence-corrected chi connectivity index (χ2v) is 3.61. The highest BCUT2D eigenvalue weighted by molar-refractivity contribution is 5.73. The highest BCUT2D eigenvalue weighted by Crippen LogP contribution is 2.28. The fourth-order valence-corrected chi connectivity index (χ4v) is 0.962. The second kappa shape index (κ2) is 4.45. The lowest BCUT2D eigenvalue weighted by atomic mass is 9.82. The highest BCUT2D eigenvalue weighted by Gasteiger charge is 2.30. The van der Waals surface area contributed by atoms with E-state index >= 15 is 0 Å². The maximum absolute atomic E-state index is 10.8. The van der Waals surface area contributed by atoms with Crippen molar-refractivity contribution >= 4 is 5.97 Å². The summed E-state index contributed by atoms with van der Waals surface area (Å²) in [6.45, 7) is 5.26. The Morgan fingerprint density at radius 1 is 1.58 bits per heavy atom. The lowest BCUT2D eigenvalue weighted by Gasteiger charge is -2.23. The summed E-state index contributed by atoms with van der Waals surface area (Å²) in [4.78, 5) is 10.8. The van der Waals surface area contributed by atoms with Crippen LogP contribution >= 0.6 is 0 Å². The predicted molar refractivity (Wildman–Crippen MR) is 46.9 cm³/mol. The average molecular weight is 174 g/mol. The maximum atomic E-state index is 10.8. The normalized spacial score (nSPS) is 18.3.